The van der Waals surface area contributed by atoms with Gasteiger partial charge in [0.1, 0.15) is 11.6 Å². The predicted octanol–water partition coefficient (Wildman–Crippen LogP) is 2.89. The minimum Gasteiger partial charge on any atom is -0.496 e. The summed E-state index contributed by atoms with van der Waals surface area (Å²) in [4.78, 5) is 12.0. The lowest BCUT2D eigenvalue weighted by Crippen LogP contribution is -2.40. The number of amides is 2. The van der Waals surface area contributed by atoms with Crippen LogP contribution in [0.15, 0.2) is 47.4 Å². The number of carbonyl (C=O) groups excluding carboxylic acids is 1. The highest BCUT2D eigenvalue weighted by Gasteiger charge is 2.20. The number of methoxy groups -OCH3 is 1. The molecule has 0 bridgehead atoms. The lowest BCUT2D eigenvalue weighted by molar-refractivity contribution is 0.242. The first-order valence-corrected chi connectivity index (χ1v) is 8.94. The van der Waals surface area contributed by atoms with E-state index in [0.29, 0.717) is 11.3 Å². The van der Waals surface area contributed by atoms with Crippen molar-refractivity contribution in [3.8, 4) is 5.75 Å². The van der Waals surface area contributed by atoms with Crippen LogP contribution in [0.3, 0.4) is 0 Å². The van der Waals surface area contributed by atoms with E-state index in [1.165, 1.54) is 37.4 Å². The zero-order valence-corrected chi connectivity index (χ0v) is 14.9. The van der Waals surface area contributed by atoms with E-state index in [-0.39, 0.29) is 4.90 Å². The molecule has 0 saturated heterocycles. The van der Waals surface area contributed by atoms with Crippen LogP contribution < -0.4 is 14.8 Å². The van der Waals surface area contributed by atoms with Crippen molar-refractivity contribution in [2.45, 2.75) is 24.8 Å². The van der Waals surface area contributed by atoms with Crippen LogP contribution in [0, 0.1) is 12.7 Å². The average Bonchev–Trinajstić information content (AvgIpc) is 2.54. The summed E-state index contributed by atoms with van der Waals surface area (Å²) in [5.41, 5.74) is 1.29. The highest BCUT2D eigenvalue weighted by molar-refractivity contribution is 7.90. The summed E-state index contributed by atoms with van der Waals surface area (Å²) in [5.74, 6) is -0.104. The summed E-state index contributed by atoms with van der Waals surface area (Å²) in [5, 5.41) is 2.46. The van der Waals surface area contributed by atoms with E-state index >= 15 is 0 Å². The van der Waals surface area contributed by atoms with Crippen LogP contribution in [0.25, 0.3) is 0 Å². The van der Waals surface area contributed by atoms with Gasteiger partial charge >= 0.3 is 6.03 Å². The maximum Gasteiger partial charge on any atom is 0.329 e. The quantitative estimate of drug-likeness (QED) is 0.852. The molecule has 2 N–H and O–H groups in total. The van der Waals surface area contributed by atoms with E-state index < -0.39 is 27.9 Å². The molecule has 2 aromatic carbocycles. The van der Waals surface area contributed by atoms with Crippen molar-refractivity contribution in [1.82, 2.24) is 10.0 Å². The molecule has 1 unspecified atom stereocenters. The Labute approximate surface area is 146 Å². The lowest BCUT2D eigenvalue weighted by atomic mass is 10.1. The molecule has 2 rings (SSSR count). The standard InChI is InChI=1S/C17H19FN2O4S/c1-11-4-7-14(8-5-11)25(22,23)20-17(21)19-12(2)15-10-13(18)6-9-16(15)24-3/h4-10,12H,1-3H3,(H2,19,20,21). The number of halogens is 1. The number of sulfonamides is 1. The summed E-state index contributed by atoms with van der Waals surface area (Å²) >= 11 is 0. The summed E-state index contributed by atoms with van der Waals surface area (Å²) in [6.45, 7) is 3.42. The van der Waals surface area contributed by atoms with Gasteiger partial charge in [-0.25, -0.2) is 22.3 Å². The highest BCUT2D eigenvalue weighted by Crippen LogP contribution is 2.25. The van der Waals surface area contributed by atoms with Crippen LogP contribution in [-0.4, -0.2) is 21.6 Å². The van der Waals surface area contributed by atoms with Crippen molar-refractivity contribution < 1.29 is 22.3 Å². The number of hydrogen-bond acceptors (Lipinski definition) is 4. The Morgan fingerprint density at radius 3 is 2.40 bits per heavy atom. The number of carbonyl (C=O) groups is 1. The van der Waals surface area contributed by atoms with Crippen molar-refractivity contribution >= 4 is 16.1 Å². The van der Waals surface area contributed by atoms with Gasteiger partial charge in [0.2, 0.25) is 0 Å². The van der Waals surface area contributed by atoms with Gasteiger partial charge in [-0.3, -0.25) is 0 Å². The fourth-order valence-corrected chi connectivity index (χ4v) is 3.16. The number of hydrogen-bond donors (Lipinski definition) is 2. The molecule has 0 aliphatic heterocycles. The van der Waals surface area contributed by atoms with Gasteiger partial charge < -0.3 is 10.1 Å². The summed E-state index contributed by atoms with van der Waals surface area (Å²) in [7, 11) is -2.57. The second kappa shape index (κ2) is 7.52. The largest absolute Gasteiger partial charge is 0.496 e. The Hall–Kier alpha value is -2.61. The van der Waals surface area contributed by atoms with Crippen molar-refractivity contribution in [3.05, 3.63) is 59.4 Å². The maximum atomic E-state index is 13.4. The first-order valence-electron chi connectivity index (χ1n) is 7.46. The molecule has 0 aliphatic rings. The van der Waals surface area contributed by atoms with Crippen molar-refractivity contribution in [2.75, 3.05) is 7.11 Å². The van der Waals surface area contributed by atoms with Gasteiger partial charge in [-0.2, -0.15) is 0 Å². The third-order valence-electron chi connectivity index (χ3n) is 3.56. The Morgan fingerprint density at radius 2 is 1.80 bits per heavy atom. The van der Waals surface area contributed by atoms with Crippen molar-refractivity contribution in [3.63, 3.8) is 0 Å². The second-order valence-corrected chi connectivity index (χ2v) is 7.18. The fourth-order valence-electron chi connectivity index (χ4n) is 2.25. The molecule has 6 nitrogen and oxygen atoms in total. The number of urea groups is 1. The monoisotopic (exact) mass is 366 g/mol. The summed E-state index contributed by atoms with van der Waals surface area (Å²) in [6.07, 6.45) is 0. The normalized spacial score (nSPS) is 12.3. The first-order chi connectivity index (χ1) is 11.7. The Kier molecular flexibility index (Phi) is 5.63. The van der Waals surface area contributed by atoms with Crippen LogP contribution in [0.5, 0.6) is 5.75 Å². The van der Waals surface area contributed by atoms with E-state index in [4.69, 9.17) is 4.74 Å². The van der Waals surface area contributed by atoms with E-state index in [2.05, 4.69) is 5.32 Å². The number of aryl methyl sites for hydroxylation is 1. The molecule has 0 saturated carbocycles. The Balaban J connectivity index is 2.12. The fraction of sp³-hybridized carbons (Fsp3) is 0.235. The number of rotatable bonds is 5. The molecule has 0 aliphatic carbocycles. The van der Waals surface area contributed by atoms with Gasteiger partial charge in [-0.1, -0.05) is 17.7 Å². The lowest BCUT2D eigenvalue weighted by Gasteiger charge is -2.18. The molecular formula is C17H19FN2O4S. The topological polar surface area (TPSA) is 84.5 Å². The number of nitrogens with one attached hydrogen (secondary N) is 2. The maximum absolute atomic E-state index is 13.4. The highest BCUT2D eigenvalue weighted by atomic mass is 32.2. The van der Waals surface area contributed by atoms with Crippen LogP contribution >= 0.6 is 0 Å². The third-order valence-corrected chi connectivity index (χ3v) is 4.91. The molecule has 0 radical (unpaired) electrons. The van der Waals surface area contributed by atoms with Crippen molar-refractivity contribution in [1.29, 1.82) is 0 Å². The molecule has 8 heteroatoms. The van der Waals surface area contributed by atoms with Gasteiger partial charge in [0, 0.05) is 5.56 Å². The van der Waals surface area contributed by atoms with Gasteiger partial charge in [0.05, 0.1) is 18.0 Å². The molecule has 25 heavy (non-hydrogen) atoms. The average molecular weight is 366 g/mol. The molecule has 134 valence electrons. The molecular weight excluding hydrogens is 347 g/mol. The van der Waals surface area contributed by atoms with Crippen LogP contribution in [0.1, 0.15) is 24.1 Å². The van der Waals surface area contributed by atoms with Gasteiger partial charge in [0.15, 0.2) is 0 Å². The van der Waals surface area contributed by atoms with E-state index in [9.17, 15) is 17.6 Å². The summed E-state index contributed by atoms with van der Waals surface area (Å²) < 4.78 is 44.9. The SMILES string of the molecule is COc1ccc(F)cc1C(C)NC(=O)NS(=O)(=O)c1ccc(C)cc1. The second-order valence-electron chi connectivity index (χ2n) is 5.50. The van der Waals surface area contributed by atoms with Gasteiger partial charge in [-0.05, 0) is 44.2 Å². The van der Waals surface area contributed by atoms with E-state index in [0.717, 1.165) is 5.56 Å². The molecule has 0 heterocycles. The molecule has 2 aromatic rings. The minimum absolute atomic E-state index is 0.0239. The van der Waals surface area contributed by atoms with Crippen LogP contribution in [-0.2, 0) is 10.0 Å². The molecule has 0 spiro atoms. The smallest absolute Gasteiger partial charge is 0.329 e. The number of benzene rings is 2. The summed E-state index contributed by atoms with van der Waals surface area (Å²) in [6, 6.07) is 8.38. The van der Waals surface area contributed by atoms with Gasteiger partial charge in [-0.15, -0.1) is 0 Å². The molecule has 0 fully saturated rings. The van der Waals surface area contributed by atoms with Crippen molar-refractivity contribution in [2.24, 2.45) is 0 Å². The first kappa shape index (κ1) is 18.7. The van der Waals surface area contributed by atoms with E-state index in [1.807, 2.05) is 11.6 Å². The zero-order valence-electron chi connectivity index (χ0n) is 14.0. The zero-order chi connectivity index (χ0) is 18.6. The van der Waals surface area contributed by atoms with Crippen LogP contribution in [0.2, 0.25) is 0 Å². The minimum atomic E-state index is -4.00. The predicted molar refractivity (Wildman–Crippen MR) is 91.4 cm³/mol. The van der Waals surface area contributed by atoms with Crippen LogP contribution in [0.4, 0.5) is 9.18 Å². The third kappa shape index (κ3) is 4.69. The van der Waals surface area contributed by atoms with Gasteiger partial charge in [0.25, 0.3) is 10.0 Å². The Bertz CT molecular complexity index is 867. The molecule has 2 amide bonds. The van der Waals surface area contributed by atoms with E-state index in [1.54, 1.807) is 19.1 Å². The molecule has 0 aromatic heterocycles. The number of ether oxygens (including phenoxy) is 1. The molecule has 1 atom stereocenters. The Morgan fingerprint density at radius 1 is 1.16 bits per heavy atom.